The van der Waals surface area contributed by atoms with Gasteiger partial charge in [0.15, 0.2) is 5.82 Å². The third kappa shape index (κ3) is 3.59. The molecule has 2 aromatic heterocycles. The molecular formula is C16H21BrN4. The molecule has 0 spiro atoms. The number of anilines is 1. The monoisotopic (exact) mass is 348 g/mol. The molecule has 0 aromatic carbocycles. The maximum Gasteiger partial charge on any atom is 0.163 e. The number of halogens is 1. The highest BCUT2D eigenvalue weighted by atomic mass is 79.9. The Morgan fingerprint density at radius 3 is 2.43 bits per heavy atom. The van der Waals surface area contributed by atoms with E-state index in [1.807, 2.05) is 25.3 Å². The predicted octanol–water partition coefficient (Wildman–Crippen LogP) is 4.34. The average Bonchev–Trinajstić information content (AvgIpc) is 2.41. The zero-order valence-electron chi connectivity index (χ0n) is 13.2. The molecule has 0 aliphatic heterocycles. The molecule has 0 aliphatic carbocycles. The van der Waals surface area contributed by atoms with Gasteiger partial charge in [0.05, 0.1) is 10.2 Å². The Labute approximate surface area is 134 Å². The molecule has 0 radical (unpaired) electrons. The second kappa shape index (κ2) is 6.10. The summed E-state index contributed by atoms with van der Waals surface area (Å²) in [5, 5.41) is 3.29. The quantitative estimate of drug-likeness (QED) is 0.896. The fourth-order valence-electron chi connectivity index (χ4n) is 1.96. The van der Waals surface area contributed by atoms with Crippen LogP contribution in [-0.4, -0.2) is 21.5 Å². The average molecular weight is 349 g/mol. The second-order valence-corrected chi connectivity index (χ2v) is 6.82. The molecule has 1 N–H and O–H groups in total. The molecule has 0 bridgehead atoms. The minimum absolute atomic E-state index is 0.0706. The minimum atomic E-state index is -0.0706. The summed E-state index contributed by atoms with van der Waals surface area (Å²) in [5.74, 6) is 1.53. The summed E-state index contributed by atoms with van der Waals surface area (Å²) >= 11 is 3.63. The molecule has 21 heavy (non-hydrogen) atoms. The van der Waals surface area contributed by atoms with E-state index in [0.29, 0.717) is 5.82 Å². The summed E-state index contributed by atoms with van der Waals surface area (Å²) in [7, 11) is 0. The largest absolute Gasteiger partial charge is 0.369 e. The molecule has 0 fully saturated rings. The lowest BCUT2D eigenvalue weighted by Gasteiger charge is -2.22. The van der Waals surface area contributed by atoms with E-state index >= 15 is 0 Å². The van der Waals surface area contributed by atoms with Gasteiger partial charge >= 0.3 is 0 Å². The molecule has 0 atom stereocenters. The molecule has 5 heteroatoms. The van der Waals surface area contributed by atoms with Gasteiger partial charge < -0.3 is 5.32 Å². The molecule has 112 valence electrons. The van der Waals surface area contributed by atoms with Crippen molar-refractivity contribution in [2.24, 2.45) is 0 Å². The Bertz CT molecular complexity index is 630. The van der Waals surface area contributed by atoms with Crippen LogP contribution >= 0.6 is 15.9 Å². The summed E-state index contributed by atoms with van der Waals surface area (Å²) in [6, 6.07) is 3.98. The number of rotatable bonds is 3. The van der Waals surface area contributed by atoms with Gasteiger partial charge in [0.1, 0.15) is 5.82 Å². The van der Waals surface area contributed by atoms with Crippen molar-refractivity contribution in [3.63, 3.8) is 0 Å². The Morgan fingerprint density at radius 1 is 1.19 bits per heavy atom. The molecule has 2 aromatic rings. The first-order valence-corrected chi connectivity index (χ1v) is 7.87. The summed E-state index contributed by atoms with van der Waals surface area (Å²) < 4.78 is 0.931. The third-order valence-corrected chi connectivity index (χ3v) is 3.83. The Hall–Kier alpha value is -1.49. The lowest BCUT2D eigenvalue weighted by molar-refractivity contribution is 0.564. The molecule has 4 nitrogen and oxygen atoms in total. The maximum atomic E-state index is 4.75. The molecule has 0 saturated heterocycles. The Kier molecular flexibility index (Phi) is 4.61. The number of aromatic nitrogens is 3. The molecule has 2 rings (SSSR count). The van der Waals surface area contributed by atoms with E-state index < -0.39 is 0 Å². The highest BCUT2D eigenvalue weighted by molar-refractivity contribution is 9.10. The topological polar surface area (TPSA) is 50.7 Å². The van der Waals surface area contributed by atoms with Crippen LogP contribution in [0, 0.1) is 6.92 Å². The van der Waals surface area contributed by atoms with Crippen LogP contribution in [0.15, 0.2) is 22.8 Å². The lowest BCUT2D eigenvalue weighted by Crippen LogP contribution is -2.17. The van der Waals surface area contributed by atoms with Crippen molar-refractivity contribution >= 4 is 21.7 Å². The third-order valence-electron chi connectivity index (χ3n) is 3.08. The van der Waals surface area contributed by atoms with Crippen LogP contribution in [-0.2, 0) is 5.41 Å². The van der Waals surface area contributed by atoms with E-state index in [0.717, 1.165) is 33.8 Å². The predicted molar refractivity (Wildman–Crippen MR) is 90.6 cm³/mol. The number of nitrogens with zero attached hydrogens (tertiary/aromatic N) is 3. The molecule has 0 unspecified atom stereocenters. The van der Waals surface area contributed by atoms with Crippen molar-refractivity contribution in [2.45, 2.75) is 40.0 Å². The van der Waals surface area contributed by atoms with E-state index in [1.54, 1.807) is 0 Å². The van der Waals surface area contributed by atoms with Crippen LogP contribution in [0.25, 0.3) is 11.4 Å². The van der Waals surface area contributed by atoms with Gasteiger partial charge in [-0.05, 0) is 41.9 Å². The number of pyridine rings is 1. The highest BCUT2D eigenvalue weighted by Gasteiger charge is 2.23. The number of nitrogens with one attached hydrogen (secondary N) is 1. The van der Waals surface area contributed by atoms with Crippen molar-refractivity contribution in [3.8, 4) is 11.4 Å². The van der Waals surface area contributed by atoms with Gasteiger partial charge in [-0.2, -0.15) is 0 Å². The van der Waals surface area contributed by atoms with Gasteiger partial charge in [0.25, 0.3) is 0 Å². The molecule has 0 aliphatic rings. The van der Waals surface area contributed by atoms with Crippen LogP contribution in [0.5, 0.6) is 0 Å². The van der Waals surface area contributed by atoms with E-state index in [1.165, 1.54) is 0 Å². The second-order valence-electron chi connectivity index (χ2n) is 6.03. The Balaban J connectivity index is 2.61. The van der Waals surface area contributed by atoms with Gasteiger partial charge in [0, 0.05) is 29.4 Å². The summed E-state index contributed by atoms with van der Waals surface area (Å²) in [6.07, 6.45) is 1.82. The minimum Gasteiger partial charge on any atom is -0.369 e. The van der Waals surface area contributed by atoms with Crippen LogP contribution < -0.4 is 5.32 Å². The first kappa shape index (κ1) is 15.9. The van der Waals surface area contributed by atoms with Crippen molar-refractivity contribution in [1.29, 1.82) is 0 Å². The first-order chi connectivity index (χ1) is 9.82. The molecule has 2 heterocycles. The zero-order valence-corrected chi connectivity index (χ0v) is 14.7. The molecule has 0 amide bonds. The van der Waals surface area contributed by atoms with Gasteiger partial charge in [-0.1, -0.05) is 20.8 Å². The first-order valence-electron chi connectivity index (χ1n) is 7.08. The lowest BCUT2D eigenvalue weighted by atomic mass is 9.91. The van der Waals surface area contributed by atoms with Gasteiger partial charge in [-0.25, -0.2) is 9.97 Å². The van der Waals surface area contributed by atoms with Gasteiger partial charge in [-0.3, -0.25) is 4.98 Å². The summed E-state index contributed by atoms with van der Waals surface area (Å²) in [5.41, 5.74) is 2.83. The smallest absolute Gasteiger partial charge is 0.163 e. The Morgan fingerprint density at radius 2 is 1.90 bits per heavy atom. The van der Waals surface area contributed by atoms with Crippen molar-refractivity contribution < 1.29 is 0 Å². The summed E-state index contributed by atoms with van der Waals surface area (Å²) in [4.78, 5) is 13.7. The van der Waals surface area contributed by atoms with Gasteiger partial charge in [-0.15, -0.1) is 0 Å². The van der Waals surface area contributed by atoms with E-state index in [-0.39, 0.29) is 5.41 Å². The van der Waals surface area contributed by atoms with Crippen LogP contribution in [0.1, 0.15) is 39.1 Å². The van der Waals surface area contributed by atoms with Crippen LogP contribution in [0.3, 0.4) is 0 Å². The SMILES string of the molecule is CCNc1nc(-c2ccc(C)nc2)nc(C(C)(C)C)c1Br. The number of aryl methyl sites for hydroxylation is 1. The normalized spacial score (nSPS) is 11.5. The zero-order chi connectivity index (χ0) is 15.6. The van der Waals surface area contributed by atoms with Crippen LogP contribution in [0.2, 0.25) is 0 Å². The molecular weight excluding hydrogens is 328 g/mol. The standard InChI is InChI=1S/C16H21BrN4/c1-6-18-15-12(17)13(16(3,4)5)20-14(21-15)11-8-7-10(2)19-9-11/h7-9H,6H2,1-5H3,(H,18,20,21). The highest BCUT2D eigenvalue weighted by Crippen LogP contribution is 2.34. The number of hydrogen-bond donors (Lipinski definition) is 1. The fraction of sp³-hybridized carbons (Fsp3) is 0.438. The summed E-state index contributed by atoms with van der Waals surface area (Å²) in [6.45, 7) is 11.3. The maximum absolute atomic E-state index is 4.75. The van der Waals surface area contributed by atoms with Crippen molar-refractivity contribution in [1.82, 2.24) is 15.0 Å². The van der Waals surface area contributed by atoms with E-state index in [9.17, 15) is 0 Å². The van der Waals surface area contributed by atoms with Crippen molar-refractivity contribution in [3.05, 3.63) is 34.2 Å². The molecule has 0 saturated carbocycles. The fourth-order valence-corrected chi connectivity index (χ4v) is 2.87. The van der Waals surface area contributed by atoms with Crippen molar-refractivity contribution in [2.75, 3.05) is 11.9 Å². The van der Waals surface area contributed by atoms with Crippen LogP contribution in [0.4, 0.5) is 5.82 Å². The van der Waals surface area contributed by atoms with Gasteiger partial charge in [0.2, 0.25) is 0 Å². The van der Waals surface area contributed by atoms with E-state index in [2.05, 4.69) is 58.9 Å². The number of hydrogen-bond acceptors (Lipinski definition) is 4. The van der Waals surface area contributed by atoms with E-state index in [4.69, 9.17) is 4.98 Å².